The molecule has 1 aromatic carbocycles. The van der Waals surface area contributed by atoms with Crippen LogP contribution in [0.1, 0.15) is 37.0 Å². The van der Waals surface area contributed by atoms with Crippen LogP contribution in [0.4, 0.5) is 4.39 Å². The summed E-state index contributed by atoms with van der Waals surface area (Å²) in [5.41, 5.74) is 5.89. The molecular formula is C13H19Cl2FN2O. The summed E-state index contributed by atoms with van der Waals surface area (Å²) >= 11 is 5.55. The molecule has 3 nitrogen and oxygen atoms in total. The highest BCUT2D eigenvalue weighted by Gasteiger charge is 2.21. The highest BCUT2D eigenvalue weighted by Crippen LogP contribution is 2.16. The van der Waals surface area contributed by atoms with Gasteiger partial charge in [-0.15, -0.1) is 12.4 Å². The predicted molar refractivity (Wildman–Crippen MR) is 78.5 cm³/mol. The third-order valence-corrected chi connectivity index (χ3v) is 3.50. The molecule has 1 aromatic rings. The Morgan fingerprint density at radius 1 is 1.42 bits per heavy atom. The van der Waals surface area contributed by atoms with Crippen LogP contribution in [0.25, 0.3) is 0 Å². The highest BCUT2D eigenvalue weighted by atomic mass is 35.5. The van der Waals surface area contributed by atoms with E-state index in [0.29, 0.717) is 6.54 Å². The molecule has 0 saturated heterocycles. The second-order valence-electron chi connectivity index (χ2n) is 4.38. The van der Waals surface area contributed by atoms with Gasteiger partial charge in [0.1, 0.15) is 5.82 Å². The summed E-state index contributed by atoms with van der Waals surface area (Å²) in [6.07, 6.45) is 1.53. The first kappa shape index (κ1) is 18.2. The molecule has 6 heteroatoms. The number of carbonyl (C=O) groups excluding carboxylic acids is 1. The second-order valence-corrected chi connectivity index (χ2v) is 4.79. The van der Waals surface area contributed by atoms with Gasteiger partial charge in [0.2, 0.25) is 0 Å². The Kier molecular flexibility index (Phi) is 7.34. The van der Waals surface area contributed by atoms with E-state index in [2.05, 4.69) is 5.32 Å². The first-order chi connectivity index (χ1) is 8.41. The van der Waals surface area contributed by atoms with Gasteiger partial charge in [0.05, 0.1) is 5.02 Å². The van der Waals surface area contributed by atoms with Crippen molar-refractivity contribution in [3.05, 3.63) is 34.6 Å². The number of benzene rings is 1. The van der Waals surface area contributed by atoms with E-state index in [1.165, 1.54) is 12.1 Å². The Morgan fingerprint density at radius 3 is 2.47 bits per heavy atom. The normalized spacial score (nSPS) is 10.8. The minimum atomic E-state index is -0.602. The summed E-state index contributed by atoms with van der Waals surface area (Å²) in [5.74, 6) is -0.948. The fourth-order valence-corrected chi connectivity index (χ4v) is 1.61. The Hall–Kier alpha value is -0.840. The SMILES string of the molecule is CCC(N)(CC)CNC(=O)c1ccc(Cl)c(F)c1.Cl. The highest BCUT2D eigenvalue weighted by molar-refractivity contribution is 6.30. The van der Waals surface area contributed by atoms with E-state index in [1.54, 1.807) is 0 Å². The molecule has 0 heterocycles. The van der Waals surface area contributed by atoms with Gasteiger partial charge in [0.15, 0.2) is 0 Å². The monoisotopic (exact) mass is 308 g/mol. The van der Waals surface area contributed by atoms with E-state index in [4.69, 9.17) is 17.3 Å². The molecule has 19 heavy (non-hydrogen) atoms. The molecular weight excluding hydrogens is 290 g/mol. The zero-order valence-electron chi connectivity index (χ0n) is 11.0. The smallest absolute Gasteiger partial charge is 0.251 e. The van der Waals surface area contributed by atoms with Gasteiger partial charge in [-0.25, -0.2) is 4.39 Å². The van der Waals surface area contributed by atoms with Gasteiger partial charge >= 0.3 is 0 Å². The van der Waals surface area contributed by atoms with E-state index in [0.717, 1.165) is 18.9 Å². The first-order valence-corrected chi connectivity index (χ1v) is 6.32. The second kappa shape index (κ2) is 7.68. The minimum absolute atomic E-state index is 0. The van der Waals surface area contributed by atoms with E-state index < -0.39 is 11.4 Å². The van der Waals surface area contributed by atoms with Crippen LogP contribution >= 0.6 is 24.0 Å². The molecule has 0 fully saturated rings. The van der Waals surface area contributed by atoms with Crippen molar-refractivity contribution in [2.24, 2.45) is 5.73 Å². The third kappa shape index (κ3) is 4.97. The number of amides is 1. The number of nitrogens with two attached hydrogens (primary N) is 1. The standard InChI is InChI=1S/C13H18ClFN2O.ClH/c1-3-13(16,4-2)8-17-12(18)9-5-6-10(14)11(15)7-9;/h5-7H,3-4,8,16H2,1-2H3,(H,17,18);1H. The van der Waals surface area contributed by atoms with Gasteiger partial charge in [-0.1, -0.05) is 25.4 Å². The summed E-state index contributed by atoms with van der Waals surface area (Å²) in [6, 6.07) is 3.96. The van der Waals surface area contributed by atoms with Crippen LogP contribution in [0, 0.1) is 5.82 Å². The lowest BCUT2D eigenvalue weighted by Crippen LogP contribution is -2.49. The molecule has 0 spiro atoms. The average molecular weight is 309 g/mol. The van der Waals surface area contributed by atoms with Crippen LogP contribution in [-0.2, 0) is 0 Å². The lowest BCUT2D eigenvalue weighted by molar-refractivity contribution is 0.0941. The van der Waals surface area contributed by atoms with Crippen molar-refractivity contribution in [3.8, 4) is 0 Å². The number of halogens is 3. The molecule has 0 bridgehead atoms. The van der Waals surface area contributed by atoms with Gasteiger partial charge in [-0.3, -0.25) is 4.79 Å². The third-order valence-electron chi connectivity index (χ3n) is 3.19. The maximum atomic E-state index is 13.2. The fourth-order valence-electron chi connectivity index (χ4n) is 1.50. The Balaban J connectivity index is 0.00000324. The number of nitrogens with one attached hydrogen (secondary N) is 1. The zero-order valence-corrected chi connectivity index (χ0v) is 12.6. The molecule has 108 valence electrons. The lowest BCUT2D eigenvalue weighted by atomic mass is 9.94. The Morgan fingerprint density at radius 2 is 2.00 bits per heavy atom. The Bertz CT molecular complexity index is 437. The molecule has 0 aromatic heterocycles. The zero-order chi connectivity index (χ0) is 13.8. The van der Waals surface area contributed by atoms with Crippen molar-refractivity contribution in [1.82, 2.24) is 5.32 Å². The van der Waals surface area contributed by atoms with Crippen LogP contribution in [0.2, 0.25) is 5.02 Å². The summed E-state index contributed by atoms with van der Waals surface area (Å²) in [6.45, 7) is 4.30. The number of carbonyl (C=O) groups is 1. The van der Waals surface area contributed by atoms with Crippen molar-refractivity contribution in [1.29, 1.82) is 0 Å². The molecule has 0 unspecified atom stereocenters. The van der Waals surface area contributed by atoms with Crippen LogP contribution < -0.4 is 11.1 Å². The van der Waals surface area contributed by atoms with Gasteiger partial charge in [0.25, 0.3) is 5.91 Å². The Labute approximate surface area is 124 Å². The van der Waals surface area contributed by atoms with E-state index >= 15 is 0 Å². The average Bonchev–Trinajstić information content (AvgIpc) is 2.38. The largest absolute Gasteiger partial charge is 0.350 e. The number of hydrogen-bond acceptors (Lipinski definition) is 2. The first-order valence-electron chi connectivity index (χ1n) is 5.94. The number of hydrogen-bond donors (Lipinski definition) is 2. The maximum Gasteiger partial charge on any atom is 0.251 e. The molecule has 0 aliphatic heterocycles. The van der Waals surface area contributed by atoms with Gasteiger partial charge in [-0.05, 0) is 31.0 Å². The van der Waals surface area contributed by atoms with E-state index in [-0.39, 0.29) is 28.9 Å². The molecule has 0 aliphatic carbocycles. The van der Waals surface area contributed by atoms with Crippen LogP contribution in [-0.4, -0.2) is 18.0 Å². The maximum absolute atomic E-state index is 13.2. The van der Waals surface area contributed by atoms with Crippen molar-refractivity contribution < 1.29 is 9.18 Å². The van der Waals surface area contributed by atoms with Crippen molar-refractivity contribution in [2.75, 3.05) is 6.54 Å². The van der Waals surface area contributed by atoms with Crippen molar-refractivity contribution in [3.63, 3.8) is 0 Å². The van der Waals surface area contributed by atoms with Crippen LogP contribution in [0.5, 0.6) is 0 Å². The number of rotatable bonds is 5. The summed E-state index contributed by atoms with van der Waals surface area (Å²) in [5, 5.41) is 2.72. The lowest BCUT2D eigenvalue weighted by Gasteiger charge is -2.26. The van der Waals surface area contributed by atoms with E-state index in [1.807, 2.05) is 13.8 Å². The van der Waals surface area contributed by atoms with Gasteiger partial charge in [-0.2, -0.15) is 0 Å². The summed E-state index contributed by atoms with van der Waals surface area (Å²) < 4.78 is 13.2. The summed E-state index contributed by atoms with van der Waals surface area (Å²) in [7, 11) is 0. The van der Waals surface area contributed by atoms with Crippen molar-refractivity contribution >= 4 is 29.9 Å². The minimum Gasteiger partial charge on any atom is -0.350 e. The van der Waals surface area contributed by atoms with E-state index in [9.17, 15) is 9.18 Å². The topological polar surface area (TPSA) is 55.1 Å². The quantitative estimate of drug-likeness (QED) is 0.878. The molecule has 0 saturated carbocycles. The van der Waals surface area contributed by atoms with Gasteiger partial charge < -0.3 is 11.1 Å². The van der Waals surface area contributed by atoms with Crippen LogP contribution in [0.15, 0.2) is 18.2 Å². The van der Waals surface area contributed by atoms with Crippen molar-refractivity contribution in [2.45, 2.75) is 32.2 Å². The fraction of sp³-hybridized carbons (Fsp3) is 0.462. The predicted octanol–water partition coefficient (Wildman–Crippen LogP) is 3.15. The molecule has 3 N–H and O–H groups in total. The van der Waals surface area contributed by atoms with Gasteiger partial charge in [0, 0.05) is 17.6 Å². The molecule has 0 atom stereocenters. The molecule has 1 rings (SSSR count). The summed E-state index contributed by atoms with van der Waals surface area (Å²) in [4.78, 5) is 11.8. The molecule has 0 aliphatic rings. The van der Waals surface area contributed by atoms with Crippen LogP contribution in [0.3, 0.4) is 0 Å². The molecule has 0 radical (unpaired) electrons. The molecule has 1 amide bonds.